The van der Waals surface area contributed by atoms with Crippen molar-refractivity contribution in [2.75, 3.05) is 44.2 Å². The van der Waals surface area contributed by atoms with Gasteiger partial charge in [-0.25, -0.2) is 4.98 Å². The molecule has 0 bridgehead atoms. The Hall–Kier alpha value is -3.30. The number of anilines is 1. The van der Waals surface area contributed by atoms with Crippen molar-refractivity contribution in [2.45, 2.75) is 25.8 Å². The fourth-order valence-corrected chi connectivity index (χ4v) is 6.15. The van der Waals surface area contributed by atoms with Crippen molar-refractivity contribution >= 4 is 32.6 Å². The van der Waals surface area contributed by atoms with Crippen LogP contribution in [0, 0.1) is 5.92 Å². The maximum absolute atomic E-state index is 13.4. The summed E-state index contributed by atoms with van der Waals surface area (Å²) in [5.74, 6) is 1.66. The Kier molecular flexibility index (Phi) is 6.65. The third-order valence-corrected chi connectivity index (χ3v) is 8.25. The van der Waals surface area contributed by atoms with Gasteiger partial charge in [0.2, 0.25) is 5.91 Å². The molecule has 0 N–H and O–H groups in total. The molecule has 6 rings (SSSR count). The van der Waals surface area contributed by atoms with Gasteiger partial charge in [0, 0.05) is 50.7 Å². The van der Waals surface area contributed by atoms with Gasteiger partial charge in [-0.2, -0.15) is 4.98 Å². The van der Waals surface area contributed by atoms with Crippen LogP contribution in [0.4, 0.5) is 5.13 Å². The summed E-state index contributed by atoms with van der Waals surface area (Å²) in [7, 11) is 0. The lowest BCUT2D eigenvalue weighted by Crippen LogP contribution is -2.43. The first-order valence-electron chi connectivity index (χ1n) is 12.7. The van der Waals surface area contributed by atoms with Crippen molar-refractivity contribution in [2.24, 2.45) is 5.92 Å². The molecule has 2 aromatic carbocycles. The summed E-state index contributed by atoms with van der Waals surface area (Å²) < 4.78 is 6.68. The highest BCUT2D eigenvalue weighted by atomic mass is 32.1. The first kappa shape index (κ1) is 23.1. The third-order valence-electron chi connectivity index (χ3n) is 7.15. The summed E-state index contributed by atoms with van der Waals surface area (Å²) in [6, 6.07) is 18.1. The Morgan fingerprint density at radius 3 is 2.56 bits per heavy atom. The van der Waals surface area contributed by atoms with Gasteiger partial charge >= 0.3 is 0 Å². The Balaban J connectivity index is 1.01. The lowest BCUT2D eigenvalue weighted by molar-refractivity contribution is -0.136. The predicted molar refractivity (Wildman–Crippen MR) is 141 cm³/mol. The number of aromatic nitrogens is 3. The van der Waals surface area contributed by atoms with Gasteiger partial charge in [0.05, 0.1) is 16.8 Å². The summed E-state index contributed by atoms with van der Waals surface area (Å²) in [5.41, 5.74) is 1.99. The van der Waals surface area contributed by atoms with Gasteiger partial charge in [0.1, 0.15) is 0 Å². The lowest BCUT2D eigenvalue weighted by Gasteiger charge is -2.33. The van der Waals surface area contributed by atoms with Crippen molar-refractivity contribution < 1.29 is 9.32 Å². The van der Waals surface area contributed by atoms with E-state index in [0.29, 0.717) is 24.2 Å². The Morgan fingerprint density at radius 2 is 1.72 bits per heavy atom. The molecule has 1 amide bonds. The summed E-state index contributed by atoms with van der Waals surface area (Å²) >= 11 is 1.74. The second-order valence-electron chi connectivity index (χ2n) is 9.56. The number of amides is 1. The van der Waals surface area contributed by atoms with Crippen molar-refractivity contribution in [3.8, 4) is 11.5 Å². The fraction of sp³-hybridized carbons (Fsp3) is 0.407. The molecule has 2 aliphatic heterocycles. The van der Waals surface area contributed by atoms with Crippen LogP contribution in [0.1, 0.15) is 25.1 Å². The van der Waals surface area contributed by atoms with E-state index >= 15 is 0 Å². The van der Waals surface area contributed by atoms with Gasteiger partial charge in [0.25, 0.3) is 5.89 Å². The standard InChI is InChI=1S/C27H30N6O2S/c34-26(21-11-15-33(16-12-21)27-28-22-9-4-5-10-23(22)36-27)32-14-6-13-31(17-18-32)19-24-29-25(35-30-24)20-7-2-1-3-8-20/h1-5,7-10,21H,6,11-19H2. The van der Waals surface area contributed by atoms with Crippen molar-refractivity contribution in [3.05, 3.63) is 60.4 Å². The number of piperidine rings is 1. The molecule has 2 saturated heterocycles. The zero-order chi connectivity index (χ0) is 24.3. The molecule has 2 aromatic heterocycles. The predicted octanol–water partition coefficient (Wildman–Crippen LogP) is 4.30. The summed E-state index contributed by atoms with van der Waals surface area (Å²) in [5, 5.41) is 5.25. The first-order chi connectivity index (χ1) is 17.7. The largest absolute Gasteiger partial charge is 0.348 e. The molecule has 0 saturated carbocycles. The number of fused-ring (bicyclic) bond motifs is 1. The molecular weight excluding hydrogens is 472 g/mol. The molecular formula is C27H30N6O2S. The van der Waals surface area contributed by atoms with Crippen LogP contribution in [-0.4, -0.2) is 70.1 Å². The molecule has 4 aromatic rings. The SMILES string of the molecule is O=C(C1CCN(c2nc3ccccc3s2)CC1)N1CCCN(Cc2noc(-c3ccccc3)n2)CC1. The zero-order valence-corrected chi connectivity index (χ0v) is 21.1. The van der Waals surface area contributed by atoms with E-state index in [9.17, 15) is 4.79 Å². The van der Waals surface area contributed by atoms with Crippen molar-refractivity contribution in [3.63, 3.8) is 0 Å². The number of carbonyl (C=O) groups excluding carboxylic acids is 1. The van der Waals surface area contributed by atoms with Crippen LogP contribution in [0.3, 0.4) is 0 Å². The van der Waals surface area contributed by atoms with Crippen LogP contribution in [0.5, 0.6) is 0 Å². The van der Waals surface area contributed by atoms with E-state index in [4.69, 9.17) is 9.51 Å². The minimum atomic E-state index is 0.104. The van der Waals surface area contributed by atoms with Gasteiger partial charge in [-0.05, 0) is 43.5 Å². The molecule has 8 nitrogen and oxygen atoms in total. The van der Waals surface area contributed by atoms with E-state index in [1.165, 1.54) is 4.70 Å². The maximum Gasteiger partial charge on any atom is 0.257 e. The number of benzene rings is 2. The van der Waals surface area contributed by atoms with E-state index in [2.05, 4.69) is 43.0 Å². The monoisotopic (exact) mass is 502 g/mol. The van der Waals surface area contributed by atoms with Crippen LogP contribution >= 0.6 is 11.3 Å². The van der Waals surface area contributed by atoms with Crippen molar-refractivity contribution in [1.29, 1.82) is 0 Å². The minimum Gasteiger partial charge on any atom is -0.348 e. The topological polar surface area (TPSA) is 78.6 Å². The molecule has 0 spiro atoms. The Morgan fingerprint density at radius 1 is 0.917 bits per heavy atom. The van der Waals surface area contributed by atoms with Crippen LogP contribution in [0.25, 0.3) is 21.7 Å². The van der Waals surface area contributed by atoms with E-state index in [0.717, 1.165) is 74.7 Å². The molecule has 0 radical (unpaired) electrons. The highest BCUT2D eigenvalue weighted by Gasteiger charge is 2.30. The van der Waals surface area contributed by atoms with Gasteiger partial charge in [0.15, 0.2) is 11.0 Å². The number of nitrogens with zero attached hydrogens (tertiary/aromatic N) is 6. The number of carbonyl (C=O) groups is 1. The van der Waals surface area contributed by atoms with Crippen LogP contribution in [-0.2, 0) is 11.3 Å². The molecule has 36 heavy (non-hydrogen) atoms. The summed E-state index contributed by atoms with van der Waals surface area (Å²) in [6.07, 6.45) is 2.74. The smallest absolute Gasteiger partial charge is 0.257 e. The van der Waals surface area contributed by atoms with Gasteiger partial charge in [-0.15, -0.1) is 0 Å². The highest BCUT2D eigenvalue weighted by molar-refractivity contribution is 7.22. The summed E-state index contributed by atoms with van der Waals surface area (Å²) in [6.45, 7) is 5.73. The van der Waals surface area contributed by atoms with Gasteiger partial charge < -0.3 is 14.3 Å². The second-order valence-corrected chi connectivity index (χ2v) is 10.6. The molecule has 2 aliphatic rings. The molecule has 0 atom stereocenters. The normalized spacial score (nSPS) is 18.0. The molecule has 0 unspecified atom stereocenters. The highest BCUT2D eigenvalue weighted by Crippen LogP contribution is 2.32. The fourth-order valence-electron chi connectivity index (χ4n) is 5.14. The Bertz CT molecular complexity index is 1280. The number of hydrogen-bond acceptors (Lipinski definition) is 8. The second kappa shape index (κ2) is 10.4. The van der Waals surface area contributed by atoms with E-state index in [1.54, 1.807) is 11.3 Å². The molecule has 9 heteroatoms. The number of para-hydroxylation sites is 1. The molecule has 2 fully saturated rings. The van der Waals surface area contributed by atoms with Gasteiger partial charge in [-0.3, -0.25) is 9.69 Å². The zero-order valence-electron chi connectivity index (χ0n) is 20.3. The molecule has 0 aliphatic carbocycles. The number of rotatable bonds is 5. The number of hydrogen-bond donors (Lipinski definition) is 0. The van der Waals surface area contributed by atoms with Crippen LogP contribution in [0.15, 0.2) is 59.1 Å². The maximum atomic E-state index is 13.4. The Labute approximate surface area is 214 Å². The first-order valence-corrected chi connectivity index (χ1v) is 13.5. The molecule has 186 valence electrons. The summed E-state index contributed by atoms with van der Waals surface area (Å²) in [4.78, 5) is 29.5. The quantitative estimate of drug-likeness (QED) is 0.403. The van der Waals surface area contributed by atoms with E-state index < -0.39 is 0 Å². The average molecular weight is 503 g/mol. The molecule has 4 heterocycles. The van der Waals surface area contributed by atoms with Crippen molar-refractivity contribution in [1.82, 2.24) is 24.9 Å². The lowest BCUT2D eigenvalue weighted by atomic mass is 9.95. The average Bonchev–Trinajstić information content (AvgIpc) is 3.51. The number of thiazole rings is 1. The van der Waals surface area contributed by atoms with Crippen LogP contribution in [0.2, 0.25) is 0 Å². The van der Waals surface area contributed by atoms with E-state index in [1.807, 2.05) is 36.4 Å². The minimum absolute atomic E-state index is 0.104. The van der Waals surface area contributed by atoms with Gasteiger partial charge in [-0.1, -0.05) is 46.8 Å². The third kappa shape index (κ3) is 4.99. The van der Waals surface area contributed by atoms with E-state index in [-0.39, 0.29) is 5.92 Å². The van der Waals surface area contributed by atoms with Crippen LogP contribution < -0.4 is 4.90 Å².